The van der Waals surface area contributed by atoms with Crippen LogP contribution >= 0.6 is 22.7 Å². The summed E-state index contributed by atoms with van der Waals surface area (Å²) in [5.41, 5.74) is 11.5. The molecule has 0 unspecified atom stereocenters. The molecule has 0 fully saturated rings. The lowest BCUT2D eigenvalue weighted by Crippen LogP contribution is -2.28. The Morgan fingerprint density at radius 1 is 0.424 bits per heavy atom. The van der Waals surface area contributed by atoms with Crippen molar-refractivity contribution in [3.05, 3.63) is 191 Å². The Morgan fingerprint density at radius 2 is 0.864 bits per heavy atom. The van der Waals surface area contributed by atoms with Gasteiger partial charge in [0.25, 0.3) is 0 Å². The van der Waals surface area contributed by atoms with E-state index in [1.54, 1.807) is 22.7 Å². The van der Waals surface area contributed by atoms with Gasteiger partial charge in [0, 0.05) is 31.3 Å². The summed E-state index contributed by atoms with van der Waals surface area (Å²) in [5, 5.41) is 30.4. The maximum Gasteiger partial charge on any atom is 0.120 e. The molecule has 0 amide bonds. The third-order valence-corrected chi connectivity index (χ3v) is 13.9. The van der Waals surface area contributed by atoms with Gasteiger partial charge in [0.15, 0.2) is 0 Å². The van der Waals surface area contributed by atoms with Crippen molar-refractivity contribution in [2.75, 3.05) is 26.4 Å². The second-order valence-corrected chi connectivity index (χ2v) is 17.0. The number of hydrogen-bond donors (Lipinski definition) is 2. The predicted octanol–water partition coefficient (Wildman–Crippen LogP) is 12.9. The zero-order chi connectivity index (χ0) is 39.5. The minimum absolute atomic E-state index is 0.0343. The van der Waals surface area contributed by atoms with Crippen LogP contribution in [0.15, 0.2) is 168 Å². The average Bonchev–Trinajstić information content (AvgIpc) is 4.00. The van der Waals surface area contributed by atoms with Crippen LogP contribution < -0.4 is 9.47 Å². The Balaban J connectivity index is 1.21. The SMILES string of the molecule is OCCOc1ccc2cc(C3(c4ccc5cc(OCCO)ccc5c4)c4cc(-c5csc6ccccc56)ccc4-c4ccc(-c5csc6ccccc56)cc43)ccc2c1. The molecule has 0 radical (unpaired) electrons. The van der Waals surface area contributed by atoms with Crippen molar-refractivity contribution in [2.45, 2.75) is 5.41 Å². The first-order chi connectivity index (χ1) is 29.1. The van der Waals surface area contributed by atoms with Gasteiger partial charge >= 0.3 is 0 Å². The van der Waals surface area contributed by atoms with Crippen molar-refractivity contribution in [3.63, 3.8) is 0 Å². The summed E-state index contributed by atoms with van der Waals surface area (Å²) < 4.78 is 14.2. The minimum atomic E-state index is -0.700. The average molecular weight is 803 g/mol. The van der Waals surface area contributed by atoms with E-state index in [1.165, 1.54) is 75.8 Å². The van der Waals surface area contributed by atoms with Crippen molar-refractivity contribution < 1.29 is 19.7 Å². The molecule has 0 atom stereocenters. The van der Waals surface area contributed by atoms with Gasteiger partial charge in [0.1, 0.15) is 24.7 Å². The molecule has 1 aliphatic rings. The van der Waals surface area contributed by atoms with Crippen molar-refractivity contribution in [2.24, 2.45) is 0 Å². The van der Waals surface area contributed by atoms with Crippen LogP contribution in [0.3, 0.4) is 0 Å². The van der Waals surface area contributed by atoms with E-state index in [4.69, 9.17) is 9.47 Å². The maximum atomic E-state index is 9.43. The van der Waals surface area contributed by atoms with E-state index in [0.29, 0.717) is 0 Å². The van der Waals surface area contributed by atoms with Crippen molar-refractivity contribution in [1.82, 2.24) is 0 Å². The molecular formula is C53H38O4S2. The van der Waals surface area contributed by atoms with Gasteiger partial charge in [0.05, 0.1) is 18.6 Å². The molecule has 0 saturated carbocycles. The van der Waals surface area contributed by atoms with E-state index >= 15 is 0 Å². The van der Waals surface area contributed by atoms with Gasteiger partial charge in [-0.05, 0) is 137 Å². The van der Waals surface area contributed by atoms with Crippen LogP contribution in [0.25, 0.3) is 75.1 Å². The Hall–Kier alpha value is -6.28. The fourth-order valence-corrected chi connectivity index (χ4v) is 11.2. The monoisotopic (exact) mass is 802 g/mol. The summed E-state index contributed by atoms with van der Waals surface area (Å²) >= 11 is 3.58. The quantitative estimate of drug-likeness (QED) is 0.145. The van der Waals surface area contributed by atoms with E-state index in [0.717, 1.165) is 33.0 Å². The third-order valence-electron chi connectivity index (χ3n) is 11.9. The molecule has 2 aromatic heterocycles. The molecule has 4 nitrogen and oxygen atoms in total. The fraction of sp³-hybridized carbons (Fsp3) is 0.0943. The highest BCUT2D eigenvalue weighted by atomic mass is 32.1. The molecular weight excluding hydrogens is 765 g/mol. The lowest BCUT2D eigenvalue weighted by atomic mass is 9.66. The van der Waals surface area contributed by atoms with Crippen LogP contribution in [-0.4, -0.2) is 36.6 Å². The molecule has 2 N–H and O–H groups in total. The molecule has 0 aliphatic heterocycles. The first kappa shape index (κ1) is 35.8. The molecule has 8 aromatic carbocycles. The lowest BCUT2D eigenvalue weighted by Gasteiger charge is -2.35. The van der Waals surface area contributed by atoms with Crippen LogP contribution in [0.4, 0.5) is 0 Å². The van der Waals surface area contributed by atoms with Gasteiger partial charge in [-0.15, -0.1) is 22.7 Å². The van der Waals surface area contributed by atoms with Crippen LogP contribution in [0.5, 0.6) is 11.5 Å². The zero-order valence-corrected chi connectivity index (χ0v) is 33.7. The Labute approximate surface area is 349 Å². The van der Waals surface area contributed by atoms with Crippen LogP contribution in [0, 0.1) is 0 Å². The largest absolute Gasteiger partial charge is 0.491 e. The summed E-state index contributed by atoms with van der Waals surface area (Å²) in [6, 6.07) is 57.7. The molecule has 6 heteroatoms. The number of benzene rings is 8. The number of thiophene rings is 2. The first-order valence-corrected chi connectivity index (χ1v) is 21.7. The normalized spacial score (nSPS) is 13.0. The smallest absolute Gasteiger partial charge is 0.120 e. The van der Waals surface area contributed by atoms with Crippen LogP contribution in [0.1, 0.15) is 22.3 Å². The maximum absolute atomic E-state index is 9.43. The van der Waals surface area contributed by atoms with E-state index in [9.17, 15) is 10.2 Å². The van der Waals surface area contributed by atoms with Gasteiger partial charge in [-0.2, -0.15) is 0 Å². The van der Waals surface area contributed by atoms with E-state index < -0.39 is 5.41 Å². The van der Waals surface area contributed by atoms with Crippen LogP contribution in [0.2, 0.25) is 0 Å². The number of fused-ring (bicyclic) bond motifs is 7. The number of rotatable bonds is 10. The number of aliphatic hydroxyl groups excluding tert-OH is 2. The molecule has 11 rings (SSSR count). The molecule has 1 aliphatic carbocycles. The highest BCUT2D eigenvalue weighted by Crippen LogP contribution is 2.58. The topological polar surface area (TPSA) is 58.9 Å². The van der Waals surface area contributed by atoms with Crippen molar-refractivity contribution >= 4 is 64.4 Å². The third kappa shape index (κ3) is 5.86. The molecule has 0 bridgehead atoms. The molecule has 0 saturated heterocycles. The minimum Gasteiger partial charge on any atom is -0.491 e. The second kappa shape index (κ2) is 14.5. The highest BCUT2D eigenvalue weighted by molar-refractivity contribution is 7.18. The summed E-state index contributed by atoms with van der Waals surface area (Å²) in [5.74, 6) is 1.48. The summed E-state index contributed by atoms with van der Waals surface area (Å²) in [4.78, 5) is 0. The van der Waals surface area contributed by atoms with E-state index in [-0.39, 0.29) is 26.4 Å². The molecule has 59 heavy (non-hydrogen) atoms. The summed E-state index contributed by atoms with van der Waals surface area (Å²) in [6.45, 7) is 0.433. The lowest BCUT2D eigenvalue weighted by molar-refractivity contribution is 0.201. The van der Waals surface area contributed by atoms with Crippen molar-refractivity contribution in [3.8, 4) is 44.9 Å². The second-order valence-electron chi connectivity index (χ2n) is 15.2. The summed E-state index contributed by atoms with van der Waals surface area (Å²) in [7, 11) is 0. The van der Waals surface area contributed by atoms with Gasteiger partial charge in [-0.25, -0.2) is 0 Å². The molecule has 0 spiro atoms. The Kier molecular flexibility index (Phi) is 8.82. The Morgan fingerprint density at radius 3 is 1.34 bits per heavy atom. The first-order valence-electron chi connectivity index (χ1n) is 19.9. The van der Waals surface area contributed by atoms with E-state index in [2.05, 4.69) is 156 Å². The zero-order valence-electron chi connectivity index (χ0n) is 32.0. The van der Waals surface area contributed by atoms with Crippen molar-refractivity contribution in [1.29, 1.82) is 0 Å². The fourth-order valence-electron chi connectivity index (χ4n) is 9.27. The number of hydrogen-bond acceptors (Lipinski definition) is 6. The van der Waals surface area contributed by atoms with Crippen LogP contribution in [-0.2, 0) is 5.41 Å². The summed E-state index contributed by atoms with van der Waals surface area (Å²) in [6.07, 6.45) is 0. The Bertz CT molecular complexity index is 3010. The van der Waals surface area contributed by atoms with Gasteiger partial charge in [-0.3, -0.25) is 0 Å². The van der Waals surface area contributed by atoms with E-state index in [1.807, 2.05) is 12.1 Å². The van der Waals surface area contributed by atoms with Gasteiger partial charge in [-0.1, -0.05) is 97.1 Å². The standard InChI is InChI=1S/C53H38O4S2/c54-21-23-56-41-17-11-33-25-39(15-9-35(33)27-41)53(40-16-10-36-28-42(57-24-22-55)18-12-34(36)26-40)49-29-37(47-31-58-51-7-3-1-5-45(47)51)13-19-43(49)44-20-14-38(30-50(44)53)48-32-59-52-8-4-2-6-46(48)52/h1-20,25-32,54-55H,21-24H2. The van der Waals surface area contributed by atoms with Gasteiger partial charge < -0.3 is 19.7 Å². The highest BCUT2D eigenvalue weighted by Gasteiger charge is 2.47. The molecule has 2 heterocycles. The molecule has 286 valence electrons. The molecule has 10 aromatic rings. The number of ether oxygens (including phenoxy) is 2. The number of aliphatic hydroxyl groups is 2. The predicted molar refractivity (Wildman–Crippen MR) is 246 cm³/mol. The van der Waals surface area contributed by atoms with Gasteiger partial charge in [0.2, 0.25) is 0 Å².